The van der Waals surface area contributed by atoms with Crippen LogP contribution in [0.3, 0.4) is 0 Å². The molecule has 0 aliphatic carbocycles. The zero-order valence-electron chi connectivity index (χ0n) is 11.3. The van der Waals surface area contributed by atoms with Gasteiger partial charge in [0.25, 0.3) is 10.1 Å². The van der Waals surface area contributed by atoms with E-state index in [4.69, 9.17) is 13.7 Å². The summed E-state index contributed by atoms with van der Waals surface area (Å²) in [6, 6.07) is 7.86. The van der Waals surface area contributed by atoms with Crippen LogP contribution in [0.4, 0.5) is 0 Å². The highest BCUT2D eigenvalue weighted by Crippen LogP contribution is 2.10. The minimum Gasteiger partial charge on any atom is -0.466 e. The predicted octanol–water partition coefficient (Wildman–Crippen LogP) is 1.36. The highest BCUT2D eigenvalue weighted by Gasteiger charge is 2.13. The smallest absolute Gasteiger partial charge is 0.308 e. The van der Waals surface area contributed by atoms with Crippen LogP contribution in [0.15, 0.2) is 35.2 Å². The minimum atomic E-state index is -3.74. The van der Waals surface area contributed by atoms with Gasteiger partial charge in [0, 0.05) is 0 Å². The van der Waals surface area contributed by atoms with Crippen molar-refractivity contribution in [3.05, 3.63) is 30.3 Å². The molecule has 0 spiro atoms. The van der Waals surface area contributed by atoms with Crippen molar-refractivity contribution in [3.63, 3.8) is 0 Å². The van der Waals surface area contributed by atoms with Crippen molar-refractivity contribution < 1.29 is 26.9 Å². The molecule has 0 atom stereocenters. The van der Waals surface area contributed by atoms with Gasteiger partial charge in [0.1, 0.15) is 0 Å². The Morgan fingerprint density at radius 3 is 2.45 bits per heavy atom. The van der Waals surface area contributed by atoms with Crippen LogP contribution in [-0.2, 0) is 28.6 Å². The number of ether oxygens (including phenoxy) is 2. The summed E-state index contributed by atoms with van der Waals surface area (Å²) in [5.74, 6) is -0.342. The zero-order valence-corrected chi connectivity index (χ0v) is 12.1. The van der Waals surface area contributed by atoms with Crippen LogP contribution < -0.4 is 0 Å². The number of hydrogen-bond donors (Lipinski definition) is 0. The first-order valence-corrected chi connectivity index (χ1v) is 7.65. The van der Waals surface area contributed by atoms with Crippen molar-refractivity contribution >= 4 is 16.1 Å². The average Bonchev–Trinajstić information content (AvgIpc) is 2.44. The topological polar surface area (TPSA) is 78.9 Å². The molecule has 1 rings (SSSR count). The van der Waals surface area contributed by atoms with Gasteiger partial charge in [-0.1, -0.05) is 18.2 Å². The molecule has 0 radical (unpaired) electrons. The lowest BCUT2D eigenvalue weighted by atomic mass is 10.4. The third-order valence-corrected chi connectivity index (χ3v) is 3.58. The normalized spacial score (nSPS) is 11.2. The van der Waals surface area contributed by atoms with Gasteiger partial charge in [-0.25, -0.2) is 0 Å². The van der Waals surface area contributed by atoms with Crippen LogP contribution in [-0.4, -0.2) is 40.8 Å². The molecule has 0 saturated heterocycles. The SMILES string of the molecule is CCOC(=O)CCOCCOS(=O)(=O)c1ccccc1. The number of benzene rings is 1. The highest BCUT2D eigenvalue weighted by molar-refractivity contribution is 7.86. The maximum Gasteiger partial charge on any atom is 0.308 e. The molecule has 7 heteroatoms. The van der Waals surface area contributed by atoms with E-state index in [1.165, 1.54) is 12.1 Å². The lowest BCUT2D eigenvalue weighted by molar-refractivity contribution is -0.144. The molecule has 0 aliphatic heterocycles. The van der Waals surface area contributed by atoms with Crippen LogP contribution in [0.5, 0.6) is 0 Å². The molecule has 6 nitrogen and oxygen atoms in total. The van der Waals surface area contributed by atoms with Gasteiger partial charge in [-0.05, 0) is 19.1 Å². The first kappa shape index (κ1) is 16.6. The molecule has 0 aliphatic rings. The van der Waals surface area contributed by atoms with E-state index in [1.807, 2.05) is 0 Å². The number of carbonyl (C=O) groups excluding carboxylic acids is 1. The van der Waals surface area contributed by atoms with Gasteiger partial charge in [-0.15, -0.1) is 0 Å². The molecule has 0 unspecified atom stereocenters. The Kier molecular flexibility index (Phi) is 7.21. The quantitative estimate of drug-likeness (QED) is 0.389. The summed E-state index contributed by atoms with van der Waals surface area (Å²) in [5, 5.41) is 0. The Hall–Kier alpha value is -1.44. The molecule has 0 fully saturated rings. The maximum atomic E-state index is 11.7. The van der Waals surface area contributed by atoms with Gasteiger partial charge < -0.3 is 9.47 Å². The first-order valence-electron chi connectivity index (χ1n) is 6.24. The summed E-state index contributed by atoms with van der Waals surface area (Å²) in [6.07, 6.45) is 0.138. The summed E-state index contributed by atoms with van der Waals surface area (Å²) >= 11 is 0. The molecular formula is C13H18O6S. The molecule has 1 aromatic rings. The standard InChI is InChI=1S/C13H18O6S/c1-2-18-13(14)8-9-17-10-11-19-20(15,16)12-6-4-3-5-7-12/h3-7H,2,8-11H2,1H3. The molecular weight excluding hydrogens is 284 g/mol. The van der Waals surface area contributed by atoms with Crippen molar-refractivity contribution in [2.24, 2.45) is 0 Å². The van der Waals surface area contributed by atoms with Crippen molar-refractivity contribution in [3.8, 4) is 0 Å². The maximum absolute atomic E-state index is 11.7. The fraction of sp³-hybridized carbons (Fsp3) is 0.462. The summed E-state index contributed by atoms with van der Waals surface area (Å²) in [6.45, 7) is 2.22. The van der Waals surface area contributed by atoms with Crippen LogP contribution in [0.25, 0.3) is 0 Å². The Morgan fingerprint density at radius 2 is 1.80 bits per heavy atom. The van der Waals surface area contributed by atoms with E-state index in [0.29, 0.717) is 6.61 Å². The monoisotopic (exact) mass is 302 g/mol. The van der Waals surface area contributed by atoms with Crippen LogP contribution in [0.1, 0.15) is 13.3 Å². The Morgan fingerprint density at radius 1 is 1.10 bits per heavy atom. The Bertz CT molecular complexity index is 497. The lowest BCUT2D eigenvalue weighted by Crippen LogP contribution is -2.13. The second kappa shape index (κ2) is 8.68. The molecule has 0 saturated carbocycles. The molecule has 0 heterocycles. The average molecular weight is 302 g/mol. The van der Waals surface area contributed by atoms with Crippen LogP contribution in [0.2, 0.25) is 0 Å². The second-order valence-electron chi connectivity index (χ2n) is 3.76. The summed E-state index contributed by atoms with van der Waals surface area (Å²) in [4.78, 5) is 11.1. The van der Waals surface area contributed by atoms with Gasteiger partial charge in [0.05, 0.1) is 37.7 Å². The second-order valence-corrected chi connectivity index (χ2v) is 5.37. The van der Waals surface area contributed by atoms with Gasteiger partial charge in [0.15, 0.2) is 0 Å². The molecule has 112 valence electrons. The third-order valence-electron chi connectivity index (χ3n) is 2.25. The fourth-order valence-corrected chi connectivity index (χ4v) is 2.26. The van der Waals surface area contributed by atoms with E-state index >= 15 is 0 Å². The molecule has 20 heavy (non-hydrogen) atoms. The van der Waals surface area contributed by atoms with Crippen LogP contribution >= 0.6 is 0 Å². The van der Waals surface area contributed by atoms with Crippen molar-refractivity contribution in [1.29, 1.82) is 0 Å². The van der Waals surface area contributed by atoms with E-state index in [1.54, 1.807) is 25.1 Å². The van der Waals surface area contributed by atoms with Crippen molar-refractivity contribution in [2.45, 2.75) is 18.2 Å². The number of hydrogen-bond acceptors (Lipinski definition) is 6. The Balaban J connectivity index is 2.20. The largest absolute Gasteiger partial charge is 0.466 e. The van der Waals surface area contributed by atoms with E-state index in [0.717, 1.165) is 0 Å². The molecule has 1 aromatic carbocycles. The van der Waals surface area contributed by atoms with E-state index in [2.05, 4.69) is 0 Å². The van der Waals surface area contributed by atoms with Gasteiger partial charge >= 0.3 is 5.97 Å². The molecule has 0 aromatic heterocycles. The van der Waals surface area contributed by atoms with E-state index < -0.39 is 10.1 Å². The van der Waals surface area contributed by atoms with Crippen molar-refractivity contribution in [2.75, 3.05) is 26.4 Å². The predicted molar refractivity (Wildman–Crippen MR) is 71.6 cm³/mol. The van der Waals surface area contributed by atoms with E-state index in [-0.39, 0.29) is 37.1 Å². The van der Waals surface area contributed by atoms with Crippen LogP contribution in [0, 0.1) is 0 Å². The first-order chi connectivity index (χ1) is 9.56. The Labute approximate surface area is 118 Å². The lowest BCUT2D eigenvalue weighted by Gasteiger charge is -2.06. The van der Waals surface area contributed by atoms with Gasteiger partial charge in [0.2, 0.25) is 0 Å². The molecule has 0 bridgehead atoms. The van der Waals surface area contributed by atoms with Gasteiger partial charge in [-0.2, -0.15) is 8.42 Å². The molecule has 0 amide bonds. The summed E-state index contributed by atoms with van der Waals surface area (Å²) < 4.78 is 38.0. The zero-order chi connectivity index (χ0) is 14.8. The number of rotatable bonds is 9. The minimum absolute atomic E-state index is 0.0888. The fourth-order valence-electron chi connectivity index (χ4n) is 1.35. The van der Waals surface area contributed by atoms with E-state index in [9.17, 15) is 13.2 Å². The number of carbonyl (C=O) groups is 1. The number of esters is 1. The molecule has 0 N–H and O–H groups in total. The highest BCUT2D eigenvalue weighted by atomic mass is 32.2. The van der Waals surface area contributed by atoms with Crippen molar-refractivity contribution in [1.82, 2.24) is 0 Å². The van der Waals surface area contributed by atoms with Gasteiger partial charge in [-0.3, -0.25) is 8.98 Å². The third kappa shape index (κ3) is 6.14. The summed E-state index contributed by atoms with van der Waals surface area (Å²) in [5.41, 5.74) is 0. The summed E-state index contributed by atoms with van der Waals surface area (Å²) in [7, 11) is -3.74.